The smallest absolute Gasteiger partial charge is 0.436 e. The Labute approximate surface area is 164 Å². The highest BCUT2D eigenvalue weighted by atomic mass is 16.8. The Morgan fingerprint density at radius 2 is 1.96 bits per heavy atom. The third-order valence-corrected chi connectivity index (χ3v) is 4.90. The Morgan fingerprint density at radius 1 is 1.21 bits per heavy atom. The summed E-state index contributed by atoms with van der Waals surface area (Å²) < 4.78 is 18.0. The van der Waals surface area contributed by atoms with Crippen molar-refractivity contribution in [3.63, 3.8) is 0 Å². The van der Waals surface area contributed by atoms with Gasteiger partial charge in [-0.25, -0.2) is 9.59 Å². The predicted octanol–water partition coefficient (Wildman–Crippen LogP) is 2.23. The summed E-state index contributed by atoms with van der Waals surface area (Å²) in [7, 11) is 0. The molecule has 1 unspecified atom stereocenters. The summed E-state index contributed by atoms with van der Waals surface area (Å²) in [6.07, 6.45) is 8.10. The van der Waals surface area contributed by atoms with Crippen molar-refractivity contribution in [1.82, 2.24) is 14.8 Å². The first-order valence-corrected chi connectivity index (χ1v) is 10.1. The van der Waals surface area contributed by atoms with Gasteiger partial charge in [0.05, 0.1) is 32.3 Å². The van der Waals surface area contributed by atoms with Gasteiger partial charge in [0.15, 0.2) is 0 Å². The van der Waals surface area contributed by atoms with Crippen LogP contribution in [-0.2, 0) is 23.9 Å². The number of rotatable bonds is 7. The van der Waals surface area contributed by atoms with E-state index < -0.39 is 18.2 Å². The van der Waals surface area contributed by atoms with Crippen LogP contribution in [0.2, 0.25) is 0 Å². The van der Waals surface area contributed by atoms with Crippen LogP contribution in [0.1, 0.15) is 57.9 Å². The van der Waals surface area contributed by atoms with Crippen LogP contribution in [0, 0.1) is 0 Å². The first-order valence-electron chi connectivity index (χ1n) is 10.1. The van der Waals surface area contributed by atoms with Crippen molar-refractivity contribution in [2.45, 2.75) is 64.2 Å². The fraction of sp³-hybridized carbons (Fsp3) is 0.737. The van der Waals surface area contributed by atoms with Gasteiger partial charge in [-0.15, -0.1) is 10.2 Å². The van der Waals surface area contributed by atoms with E-state index in [2.05, 4.69) is 5.10 Å². The zero-order valence-corrected chi connectivity index (χ0v) is 16.4. The minimum absolute atomic E-state index is 0.387. The van der Waals surface area contributed by atoms with Crippen molar-refractivity contribution in [2.75, 3.05) is 26.3 Å². The summed E-state index contributed by atoms with van der Waals surface area (Å²) >= 11 is 0. The van der Waals surface area contributed by atoms with Crippen LogP contribution in [0.15, 0.2) is 12.3 Å². The number of carbonyl (C=O) groups excluding carboxylic acids is 2. The van der Waals surface area contributed by atoms with Crippen molar-refractivity contribution in [2.24, 2.45) is 0 Å². The molecule has 1 aliphatic carbocycles. The normalized spacial score (nSPS) is 19.8. The van der Waals surface area contributed by atoms with Gasteiger partial charge in [-0.2, -0.15) is 0 Å². The number of esters is 1. The fourth-order valence-electron chi connectivity index (χ4n) is 3.40. The van der Waals surface area contributed by atoms with Crippen molar-refractivity contribution < 1.29 is 28.6 Å². The Hall–Kier alpha value is -2.13. The van der Waals surface area contributed by atoms with E-state index in [4.69, 9.17) is 19.0 Å². The predicted molar refractivity (Wildman–Crippen MR) is 98.2 cm³/mol. The molecule has 1 saturated heterocycles. The SMILES string of the molecule is CCCC(OC(=O)C(=O)ON1CCOCC1)Oc1ccn(C2CCCCC2)n1. The van der Waals surface area contributed by atoms with E-state index >= 15 is 0 Å². The maximum Gasteiger partial charge on any atom is 0.436 e. The molecular formula is C19H29N3O6. The third kappa shape index (κ3) is 5.93. The van der Waals surface area contributed by atoms with Gasteiger partial charge in [-0.05, 0) is 19.3 Å². The van der Waals surface area contributed by atoms with Gasteiger partial charge in [0.2, 0.25) is 12.2 Å². The minimum Gasteiger partial charge on any atom is -0.436 e. The summed E-state index contributed by atoms with van der Waals surface area (Å²) in [5.41, 5.74) is 0. The van der Waals surface area contributed by atoms with Crippen LogP contribution in [0.25, 0.3) is 0 Å². The molecule has 2 heterocycles. The summed E-state index contributed by atoms with van der Waals surface area (Å²) in [6, 6.07) is 2.15. The summed E-state index contributed by atoms with van der Waals surface area (Å²) in [4.78, 5) is 29.1. The number of ether oxygens (including phenoxy) is 3. The average molecular weight is 395 g/mol. The molecule has 1 atom stereocenters. The molecule has 0 aromatic carbocycles. The van der Waals surface area contributed by atoms with Crippen LogP contribution in [-0.4, -0.2) is 59.4 Å². The van der Waals surface area contributed by atoms with E-state index in [1.165, 1.54) is 24.3 Å². The quantitative estimate of drug-likeness (QED) is 0.394. The highest BCUT2D eigenvalue weighted by Crippen LogP contribution is 2.28. The molecular weight excluding hydrogens is 366 g/mol. The fourth-order valence-corrected chi connectivity index (χ4v) is 3.40. The second-order valence-corrected chi connectivity index (χ2v) is 7.09. The third-order valence-electron chi connectivity index (χ3n) is 4.90. The zero-order chi connectivity index (χ0) is 19.8. The number of hydroxylamine groups is 2. The van der Waals surface area contributed by atoms with Crippen LogP contribution >= 0.6 is 0 Å². The Balaban J connectivity index is 1.51. The van der Waals surface area contributed by atoms with Crippen LogP contribution in [0.5, 0.6) is 5.88 Å². The van der Waals surface area contributed by atoms with Crippen LogP contribution in [0.3, 0.4) is 0 Å². The highest BCUT2D eigenvalue weighted by molar-refractivity contribution is 6.29. The van der Waals surface area contributed by atoms with E-state index in [-0.39, 0.29) is 0 Å². The largest absolute Gasteiger partial charge is 0.436 e. The molecule has 0 bridgehead atoms. The van der Waals surface area contributed by atoms with Gasteiger partial charge in [-0.3, -0.25) is 4.68 Å². The highest BCUT2D eigenvalue weighted by Gasteiger charge is 2.27. The molecule has 0 amide bonds. The molecule has 2 fully saturated rings. The maximum absolute atomic E-state index is 12.1. The van der Waals surface area contributed by atoms with E-state index in [0.29, 0.717) is 44.6 Å². The van der Waals surface area contributed by atoms with Gasteiger partial charge in [0.1, 0.15) is 0 Å². The lowest BCUT2D eigenvalue weighted by Crippen LogP contribution is -2.40. The molecule has 1 aromatic heterocycles. The summed E-state index contributed by atoms with van der Waals surface area (Å²) in [6.45, 7) is 3.69. The molecule has 0 spiro atoms. The lowest BCUT2D eigenvalue weighted by atomic mass is 9.96. The molecule has 1 saturated carbocycles. The maximum atomic E-state index is 12.1. The van der Waals surface area contributed by atoms with Crippen molar-refractivity contribution in [3.8, 4) is 5.88 Å². The first-order chi connectivity index (χ1) is 13.7. The lowest BCUT2D eigenvalue weighted by Gasteiger charge is -2.25. The van der Waals surface area contributed by atoms with E-state index in [9.17, 15) is 9.59 Å². The molecule has 1 aliphatic heterocycles. The number of carbonyl (C=O) groups is 2. The second-order valence-electron chi connectivity index (χ2n) is 7.09. The monoisotopic (exact) mass is 395 g/mol. The van der Waals surface area contributed by atoms with Gasteiger partial charge in [-0.1, -0.05) is 26.2 Å². The molecule has 9 heteroatoms. The van der Waals surface area contributed by atoms with Crippen LogP contribution < -0.4 is 4.74 Å². The summed E-state index contributed by atoms with van der Waals surface area (Å²) in [5, 5.41) is 5.86. The Kier molecular flexibility index (Phi) is 7.67. The molecule has 9 nitrogen and oxygen atoms in total. The molecule has 156 valence electrons. The molecule has 2 aliphatic rings. The van der Waals surface area contributed by atoms with Crippen molar-refractivity contribution in [3.05, 3.63) is 12.3 Å². The average Bonchev–Trinajstić information content (AvgIpc) is 3.18. The van der Waals surface area contributed by atoms with Gasteiger partial charge in [0.25, 0.3) is 0 Å². The van der Waals surface area contributed by atoms with E-state index in [0.717, 1.165) is 19.3 Å². The molecule has 0 N–H and O–H groups in total. The minimum atomic E-state index is -1.07. The number of morpholine rings is 1. The lowest BCUT2D eigenvalue weighted by molar-refractivity contribution is -0.216. The van der Waals surface area contributed by atoms with Gasteiger partial charge in [0, 0.05) is 18.7 Å². The number of aromatic nitrogens is 2. The number of hydrogen-bond acceptors (Lipinski definition) is 8. The zero-order valence-electron chi connectivity index (χ0n) is 16.4. The van der Waals surface area contributed by atoms with Gasteiger partial charge < -0.3 is 19.0 Å². The van der Waals surface area contributed by atoms with Gasteiger partial charge >= 0.3 is 11.9 Å². The molecule has 28 heavy (non-hydrogen) atoms. The topological polar surface area (TPSA) is 92.1 Å². The van der Waals surface area contributed by atoms with E-state index in [1.807, 2.05) is 17.8 Å². The Morgan fingerprint density at radius 3 is 2.68 bits per heavy atom. The Bertz CT molecular complexity index is 637. The van der Waals surface area contributed by atoms with E-state index in [1.54, 1.807) is 6.07 Å². The standard InChI is InChI=1S/C19H29N3O6/c1-2-6-17(27-18(23)19(24)28-21-11-13-25-14-12-21)26-16-9-10-22(20-16)15-7-4-3-5-8-15/h9-10,15,17H,2-8,11-14H2,1H3. The molecule has 1 aromatic rings. The number of hydrogen-bond donors (Lipinski definition) is 0. The van der Waals surface area contributed by atoms with Crippen molar-refractivity contribution in [1.29, 1.82) is 0 Å². The molecule has 0 radical (unpaired) electrons. The second kappa shape index (κ2) is 10.4. The first kappa shape index (κ1) is 20.6. The van der Waals surface area contributed by atoms with Crippen LogP contribution in [0.4, 0.5) is 0 Å². The number of nitrogens with zero attached hydrogens (tertiary/aromatic N) is 3. The summed E-state index contributed by atoms with van der Waals surface area (Å²) in [5.74, 6) is -1.74. The van der Waals surface area contributed by atoms with Crippen molar-refractivity contribution >= 4 is 11.9 Å². The molecule has 3 rings (SSSR count).